The number of hydrogen-bond donors (Lipinski definition) is 2. The molecule has 0 bridgehead atoms. The standard InChI is InChI=1S/C13H13ClN4O2/c1-7-5-11(20-2)17-13(16-7)18-12(19)8-3-4-10(15)9(14)6-8/h3-6H,15H2,1-2H3,(H,16,17,18,19). The molecule has 6 nitrogen and oxygen atoms in total. The molecule has 7 heteroatoms. The van der Waals surface area contributed by atoms with E-state index in [0.29, 0.717) is 27.8 Å². The number of aromatic nitrogens is 2. The van der Waals surface area contributed by atoms with Crippen molar-refractivity contribution >= 4 is 29.1 Å². The number of amides is 1. The first kappa shape index (κ1) is 14.1. The van der Waals surface area contributed by atoms with Gasteiger partial charge in [0, 0.05) is 17.3 Å². The first-order valence-electron chi connectivity index (χ1n) is 5.75. The van der Waals surface area contributed by atoms with Gasteiger partial charge in [0.05, 0.1) is 17.8 Å². The molecular formula is C13H13ClN4O2. The van der Waals surface area contributed by atoms with Crippen LogP contribution < -0.4 is 15.8 Å². The minimum Gasteiger partial charge on any atom is -0.481 e. The zero-order valence-electron chi connectivity index (χ0n) is 11.0. The highest BCUT2D eigenvalue weighted by Crippen LogP contribution is 2.20. The van der Waals surface area contributed by atoms with Crippen LogP contribution in [0.2, 0.25) is 5.02 Å². The van der Waals surface area contributed by atoms with Crippen LogP contribution in [-0.2, 0) is 0 Å². The Labute approximate surface area is 120 Å². The highest BCUT2D eigenvalue weighted by Gasteiger charge is 2.11. The molecule has 1 amide bonds. The number of carbonyl (C=O) groups is 1. The fourth-order valence-corrected chi connectivity index (χ4v) is 1.72. The van der Waals surface area contributed by atoms with Gasteiger partial charge in [-0.15, -0.1) is 0 Å². The highest BCUT2D eigenvalue weighted by molar-refractivity contribution is 6.33. The second-order valence-corrected chi connectivity index (χ2v) is 4.47. The van der Waals surface area contributed by atoms with Crippen LogP contribution in [0.1, 0.15) is 16.1 Å². The van der Waals surface area contributed by atoms with Gasteiger partial charge in [0.25, 0.3) is 5.91 Å². The highest BCUT2D eigenvalue weighted by atomic mass is 35.5. The van der Waals surface area contributed by atoms with Crippen LogP contribution in [0.15, 0.2) is 24.3 Å². The third kappa shape index (κ3) is 3.16. The number of halogens is 1. The predicted molar refractivity (Wildman–Crippen MR) is 77.1 cm³/mol. The predicted octanol–water partition coefficient (Wildman–Crippen LogP) is 2.28. The van der Waals surface area contributed by atoms with E-state index in [-0.39, 0.29) is 11.9 Å². The molecule has 0 saturated carbocycles. The van der Waals surface area contributed by atoms with E-state index < -0.39 is 0 Å². The minimum absolute atomic E-state index is 0.166. The zero-order chi connectivity index (χ0) is 14.7. The molecule has 0 radical (unpaired) electrons. The number of aryl methyl sites for hydroxylation is 1. The van der Waals surface area contributed by atoms with Crippen molar-refractivity contribution in [3.05, 3.63) is 40.5 Å². The van der Waals surface area contributed by atoms with Crippen LogP contribution in [0.3, 0.4) is 0 Å². The van der Waals surface area contributed by atoms with Gasteiger partial charge in [-0.2, -0.15) is 4.98 Å². The number of nitrogens with zero attached hydrogens (tertiary/aromatic N) is 2. The summed E-state index contributed by atoms with van der Waals surface area (Å²) >= 11 is 5.88. The number of anilines is 2. The van der Waals surface area contributed by atoms with Gasteiger partial charge < -0.3 is 10.5 Å². The largest absolute Gasteiger partial charge is 0.481 e. The van der Waals surface area contributed by atoms with Gasteiger partial charge >= 0.3 is 0 Å². The average Bonchev–Trinajstić information content (AvgIpc) is 2.41. The number of carbonyl (C=O) groups excluding carboxylic acids is 1. The zero-order valence-corrected chi connectivity index (χ0v) is 11.7. The van der Waals surface area contributed by atoms with Crippen molar-refractivity contribution in [3.8, 4) is 5.88 Å². The first-order chi connectivity index (χ1) is 9.49. The van der Waals surface area contributed by atoms with E-state index in [9.17, 15) is 4.79 Å². The van der Waals surface area contributed by atoms with Crippen molar-refractivity contribution in [1.82, 2.24) is 9.97 Å². The molecule has 1 aromatic heterocycles. The lowest BCUT2D eigenvalue weighted by Crippen LogP contribution is -2.15. The van der Waals surface area contributed by atoms with Gasteiger partial charge in [0.1, 0.15) is 0 Å². The Bertz CT molecular complexity index is 661. The average molecular weight is 293 g/mol. The molecule has 0 aliphatic rings. The summed E-state index contributed by atoms with van der Waals surface area (Å²) in [7, 11) is 1.49. The van der Waals surface area contributed by atoms with Crippen molar-refractivity contribution in [2.45, 2.75) is 6.92 Å². The SMILES string of the molecule is COc1cc(C)nc(NC(=O)c2ccc(N)c(Cl)c2)n1. The maximum Gasteiger partial charge on any atom is 0.258 e. The smallest absolute Gasteiger partial charge is 0.258 e. The maximum atomic E-state index is 12.1. The van der Waals surface area contributed by atoms with Gasteiger partial charge in [0.2, 0.25) is 11.8 Å². The molecule has 0 unspecified atom stereocenters. The normalized spacial score (nSPS) is 10.2. The van der Waals surface area contributed by atoms with Crippen molar-refractivity contribution in [1.29, 1.82) is 0 Å². The summed E-state index contributed by atoms with van der Waals surface area (Å²) in [6.45, 7) is 1.78. The third-order valence-electron chi connectivity index (χ3n) is 2.53. The van der Waals surface area contributed by atoms with E-state index in [1.807, 2.05) is 0 Å². The van der Waals surface area contributed by atoms with Crippen molar-refractivity contribution in [3.63, 3.8) is 0 Å². The Kier molecular flexibility index (Phi) is 4.05. The minimum atomic E-state index is -0.375. The van der Waals surface area contributed by atoms with Crippen LogP contribution >= 0.6 is 11.6 Å². The van der Waals surface area contributed by atoms with E-state index in [1.54, 1.807) is 25.1 Å². The number of rotatable bonds is 3. The summed E-state index contributed by atoms with van der Waals surface area (Å²) in [5.74, 6) is 0.169. The number of benzene rings is 1. The number of hydrogen-bond acceptors (Lipinski definition) is 5. The number of nitrogens with two attached hydrogens (primary N) is 1. The van der Waals surface area contributed by atoms with Crippen LogP contribution in [0.4, 0.5) is 11.6 Å². The number of ether oxygens (including phenoxy) is 1. The lowest BCUT2D eigenvalue weighted by molar-refractivity contribution is 0.102. The van der Waals surface area contributed by atoms with Crippen LogP contribution in [-0.4, -0.2) is 23.0 Å². The third-order valence-corrected chi connectivity index (χ3v) is 2.86. The second-order valence-electron chi connectivity index (χ2n) is 4.07. The number of nitrogens with one attached hydrogen (secondary N) is 1. The summed E-state index contributed by atoms with van der Waals surface area (Å²) in [6.07, 6.45) is 0. The molecular weight excluding hydrogens is 280 g/mol. The lowest BCUT2D eigenvalue weighted by Gasteiger charge is -2.07. The van der Waals surface area contributed by atoms with Gasteiger partial charge in [-0.3, -0.25) is 10.1 Å². The molecule has 2 aromatic rings. The van der Waals surface area contributed by atoms with Crippen LogP contribution in [0.5, 0.6) is 5.88 Å². The Morgan fingerprint density at radius 3 is 2.75 bits per heavy atom. The van der Waals surface area contributed by atoms with E-state index >= 15 is 0 Å². The van der Waals surface area contributed by atoms with E-state index in [1.165, 1.54) is 13.2 Å². The van der Waals surface area contributed by atoms with E-state index in [2.05, 4.69) is 15.3 Å². The first-order valence-corrected chi connectivity index (χ1v) is 6.13. The summed E-state index contributed by atoms with van der Waals surface area (Å²) < 4.78 is 5.02. The molecule has 0 aliphatic carbocycles. The molecule has 0 atom stereocenters. The molecule has 0 fully saturated rings. The topological polar surface area (TPSA) is 90.1 Å². The summed E-state index contributed by atoms with van der Waals surface area (Å²) in [6, 6.07) is 6.29. The van der Waals surface area contributed by atoms with Gasteiger partial charge in [-0.1, -0.05) is 11.6 Å². The van der Waals surface area contributed by atoms with Crippen LogP contribution in [0.25, 0.3) is 0 Å². The van der Waals surface area contributed by atoms with E-state index in [4.69, 9.17) is 22.1 Å². The molecule has 20 heavy (non-hydrogen) atoms. The number of methoxy groups -OCH3 is 1. The molecule has 104 valence electrons. The molecule has 0 saturated heterocycles. The second kappa shape index (κ2) is 5.75. The fourth-order valence-electron chi connectivity index (χ4n) is 1.54. The molecule has 0 aliphatic heterocycles. The van der Waals surface area contributed by atoms with Crippen molar-refractivity contribution in [2.24, 2.45) is 0 Å². The van der Waals surface area contributed by atoms with Gasteiger partial charge in [-0.25, -0.2) is 4.98 Å². The fraction of sp³-hybridized carbons (Fsp3) is 0.154. The Hall–Kier alpha value is -2.34. The Morgan fingerprint density at radius 2 is 2.10 bits per heavy atom. The van der Waals surface area contributed by atoms with Crippen molar-refractivity contribution in [2.75, 3.05) is 18.2 Å². The summed E-state index contributed by atoms with van der Waals surface area (Å²) in [4.78, 5) is 20.2. The van der Waals surface area contributed by atoms with Gasteiger partial charge in [0.15, 0.2) is 0 Å². The van der Waals surface area contributed by atoms with Gasteiger partial charge in [-0.05, 0) is 25.1 Å². The lowest BCUT2D eigenvalue weighted by atomic mass is 10.2. The summed E-state index contributed by atoms with van der Waals surface area (Å²) in [5.41, 5.74) is 7.06. The molecule has 0 spiro atoms. The molecule has 3 N–H and O–H groups in total. The molecule has 1 aromatic carbocycles. The Balaban J connectivity index is 2.23. The summed E-state index contributed by atoms with van der Waals surface area (Å²) in [5, 5.41) is 2.90. The molecule has 1 heterocycles. The number of nitrogen functional groups attached to an aromatic ring is 1. The monoisotopic (exact) mass is 292 g/mol. The molecule has 2 rings (SSSR count). The maximum absolute atomic E-state index is 12.1. The van der Waals surface area contributed by atoms with Crippen molar-refractivity contribution < 1.29 is 9.53 Å². The van der Waals surface area contributed by atoms with Crippen LogP contribution in [0, 0.1) is 6.92 Å². The Morgan fingerprint density at radius 1 is 1.35 bits per heavy atom. The quantitative estimate of drug-likeness (QED) is 0.847. The van der Waals surface area contributed by atoms with E-state index in [0.717, 1.165) is 0 Å².